The van der Waals surface area contributed by atoms with Gasteiger partial charge in [-0.15, -0.1) is 0 Å². The molecule has 0 spiro atoms. The fourth-order valence-corrected chi connectivity index (χ4v) is 2.27. The Hall–Kier alpha value is -1.36. The number of hydrogen-bond acceptors (Lipinski definition) is 5. The van der Waals surface area contributed by atoms with Crippen molar-refractivity contribution >= 4 is 11.6 Å². The number of nitrogens with zero attached hydrogens (tertiary/aromatic N) is 2. The number of hydrazine groups is 1. The molecule has 21 heavy (non-hydrogen) atoms. The van der Waals surface area contributed by atoms with Crippen LogP contribution in [0.25, 0.3) is 0 Å². The predicted octanol–water partition coefficient (Wildman–Crippen LogP) is 3.65. The number of hydrogen-bond donors (Lipinski definition) is 3. The number of nitrogen functional groups attached to an aromatic ring is 1. The monoisotopic (exact) mass is 293 g/mol. The second-order valence-electron chi connectivity index (χ2n) is 5.98. The van der Waals surface area contributed by atoms with Gasteiger partial charge in [-0.25, -0.2) is 15.8 Å². The summed E-state index contributed by atoms with van der Waals surface area (Å²) in [7, 11) is 0. The minimum atomic E-state index is 0.710. The molecule has 0 saturated heterocycles. The van der Waals surface area contributed by atoms with Crippen LogP contribution in [-0.4, -0.2) is 16.5 Å². The molecule has 120 valence electrons. The minimum Gasteiger partial charge on any atom is -0.370 e. The van der Waals surface area contributed by atoms with Crippen LogP contribution in [0.1, 0.15) is 64.3 Å². The number of anilines is 2. The SMILES string of the molecule is CCc1nc(NN)c(C)c(NCCCCCCC(C)C)n1. The number of unbranched alkanes of at least 4 members (excludes halogenated alkanes) is 3. The highest BCUT2D eigenvalue weighted by Gasteiger charge is 2.08. The molecule has 0 atom stereocenters. The quantitative estimate of drug-likeness (QED) is 0.349. The van der Waals surface area contributed by atoms with E-state index in [0.29, 0.717) is 5.82 Å². The molecule has 1 rings (SSSR count). The van der Waals surface area contributed by atoms with Gasteiger partial charge in [0.2, 0.25) is 0 Å². The first-order valence-corrected chi connectivity index (χ1v) is 8.16. The molecule has 0 aromatic carbocycles. The predicted molar refractivity (Wildman–Crippen MR) is 90.4 cm³/mol. The minimum absolute atomic E-state index is 0.710. The van der Waals surface area contributed by atoms with Crippen molar-refractivity contribution in [1.82, 2.24) is 9.97 Å². The maximum Gasteiger partial charge on any atom is 0.148 e. The lowest BCUT2D eigenvalue weighted by Gasteiger charge is -2.13. The molecule has 5 heteroatoms. The van der Waals surface area contributed by atoms with Gasteiger partial charge < -0.3 is 10.7 Å². The summed E-state index contributed by atoms with van der Waals surface area (Å²) >= 11 is 0. The van der Waals surface area contributed by atoms with E-state index >= 15 is 0 Å². The lowest BCUT2D eigenvalue weighted by molar-refractivity contribution is 0.523. The zero-order chi connectivity index (χ0) is 15.7. The van der Waals surface area contributed by atoms with E-state index in [0.717, 1.165) is 36.1 Å². The van der Waals surface area contributed by atoms with E-state index in [1.54, 1.807) is 0 Å². The Morgan fingerprint density at radius 1 is 1.05 bits per heavy atom. The van der Waals surface area contributed by atoms with Crippen molar-refractivity contribution in [1.29, 1.82) is 0 Å². The van der Waals surface area contributed by atoms with E-state index in [2.05, 4.69) is 34.6 Å². The van der Waals surface area contributed by atoms with Crippen LogP contribution < -0.4 is 16.6 Å². The van der Waals surface area contributed by atoms with E-state index < -0.39 is 0 Å². The van der Waals surface area contributed by atoms with E-state index in [4.69, 9.17) is 5.84 Å². The third kappa shape index (κ3) is 6.29. The maximum absolute atomic E-state index is 5.51. The Morgan fingerprint density at radius 2 is 1.71 bits per heavy atom. The molecule has 5 nitrogen and oxygen atoms in total. The van der Waals surface area contributed by atoms with Gasteiger partial charge in [0.25, 0.3) is 0 Å². The van der Waals surface area contributed by atoms with Crippen LogP contribution in [0.15, 0.2) is 0 Å². The zero-order valence-corrected chi connectivity index (χ0v) is 14.0. The molecule has 0 radical (unpaired) electrons. The Morgan fingerprint density at radius 3 is 2.33 bits per heavy atom. The van der Waals surface area contributed by atoms with Crippen LogP contribution in [0.2, 0.25) is 0 Å². The zero-order valence-electron chi connectivity index (χ0n) is 14.0. The molecule has 0 amide bonds. The normalized spacial score (nSPS) is 11.0. The first kappa shape index (κ1) is 17.7. The summed E-state index contributed by atoms with van der Waals surface area (Å²) in [4.78, 5) is 8.91. The van der Waals surface area contributed by atoms with Gasteiger partial charge in [-0.2, -0.15) is 0 Å². The average Bonchev–Trinajstić information content (AvgIpc) is 2.47. The lowest BCUT2D eigenvalue weighted by atomic mass is 10.0. The Bertz CT molecular complexity index is 417. The van der Waals surface area contributed by atoms with Crippen molar-refractivity contribution in [3.05, 3.63) is 11.4 Å². The van der Waals surface area contributed by atoms with Gasteiger partial charge in [0, 0.05) is 18.5 Å². The molecule has 0 aliphatic rings. The molecule has 0 aliphatic heterocycles. The molecule has 0 unspecified atom stereocenters. The smallest absolute Gasteiger partial charge is 0.148 e. The summed E-state index contributed by atoms with van der Waals surface area (Å²) in [6, 6.07) is 0. The van der Waals surface area contributed by atoms with Crippen LogP contribution in [0.4, 0.5) is 11.6 Å². The molecule has 0 aliphatic carbocycles. The summed E-state index contributed by atoms with van der Waals surface area (Å²) in [5.74, 6) is 8.75. The van der Waals surface area contributed by atoms with E-state index in [9.17, 15) is 0 Å². The van der Waals surface area contributed by atoms with Gasteiger partial charge in [-0.1, -0.05) is 46.5 Å². The Kier molecular flexibility index (Phi) is 8.05. The molecule has 1 aromatic rings. The molecule has 4 N–H and O–H groups in total. The van der Waals surface area contributed by atoms with Gasteiger partial charge in [-0.3, -0.25) is 0 Å². The number of nitrogens with two attached hydrogens (primary N) is 1. The van der Waals surface area contributed by atoms with Crippen LogP contribution in [0, 0.1) is 12.8 Å². The van der Waals surface area contributed by atoms with Gasteiger partial charge in [0.05, 0.1) is 0 Å². The average molecular weight is 293 g/mol. The van der Waals surface area contributed by atoms with Crippen molar-refractivity contribution in [3.63, 3.8) is 0 Å². The summed E-state index contributed by atoms with van der Waals surface area (Å²) in [6.07, 6.45) is 7.24. The highest BCUT2D eigenvalue weighted by atomic mass is 15.3. The molecule has 1 aromatic heterocycles. The second kappa shape index (κ2) is 9.55. The van der Waals surface area contributed by atoms with Gasteiger partial charge in [0.1, 0.15) is 17.5 Å². The summed E-state index contributed by atoms with van der Waals surface area (Å²) in [5, 5.41) is 3.42. The molecular weight excluding hydrogens is 262 g/mol. The van der Waals surface area contributed by atoms with Crippen LogP contribution in [-0.2, 0) is 6.42 Å². The number of rotatable bonds is 10. The van der Waals surface area contributed by atoms with Crippen molar-refractivity contribution in [3.8, 4) is 0 Å². The fourth-order valence-electron chi connectivity index (χ4n) is 2.27. The molecular formula is C16H31N5. The third-order valence-corrected chi connectivity index (χ3v) is 3.65. The van der Waals surface area contributed by atoms with Crippen molar-refractivity contribution in [2.75, 3.05) is 17.3 Å². The van der Waals surface area contributed by atoms with Crippen LogP contribution in [0.3, 0.4) is 0 Å². The third-order valence-electron chi connectivity index (χ3n) is 3.65. The van der Waals surface area contributed by atoms with Gasteiger partial charge in [-0.05, 0) is 19.3 Å². The maximum atomic E-state index is 5.51. The van der Waals surface area contributed by atoms with Gasteiger partial charge >= 0.3 is 0 Å². The van der Waals surface area contributed by atoms with Crippen LogP contribution >= 0.6 is 0 Å². The summed E-state index contributed by atoms with van der Waals surface area (Å²) in [5.41, 5.74) is 3.63. The highest BCUT2D eigenvalue weighted by Crippen LogP contribution is 2.19. The first-order valence-electron chi connectivity index (χ1n) is 8.16. The Balaban J connectivity index is 2.37. The summed E-state index contributed by atoms with van der Waals surface area (Å²) < 4.78 is 0. The lowest BCUT2D eigenvalue weighted by Crippen LogP contribution is -2.15. The van der Waals surface area contributed by atoms with E-state index in [-0.39, 0.29) is 0 Å². The largest absolute Gasteiger partial charge is 0.370 e. The molecule has 0 fully saturated rings. The van der Waals surface area contributed by atoms with Crippen molar-refractivity contribution < 1.29 is 0 Å². The van der Waals surface area contributed by atoms with E-state index in [1.165, 1.54) is 32.1 Å². The topological polar surface area (TPSA) is 75.9 Å². The molecule has 1 heterocycles. The first-order chi connectivity index (χ1) is 10.1. The molecule has 0 bridgehead atoms. The number of nitrogens with one attached hydrogen (secondary N) is 2. The second-order valence-corrected chi connectivity index (χ2v) is 5.98. The number of aryl methyl sites for hydroxylation is 1. The fraction of sp³-hybridized carbons (Fsp3) is 0.750. The van der Waals surface area contributed by atoms with Crippen LogP contribution in [0.5, 0.6) is 0 Å². The van der Waals surface area contributed by atoms with Crippen molar-refractivity contribution in [2.45, 2.75) is 66.2 Å². The standard InChI is InChI=1S/C16H31N5/c1-5-14-19-15(13(4)16(20-14)21-17)18-11-9-7-6-8-10-12(2)3/h12H,5-11,17H2,1-4H3,(H2,18,19,20,21). The number of aromatic nitrogens is 2. The highest BCUT2D eigenvalue weighted by molar-refractivity contribution is 5.56. The Labute approximate surface area is 129 Å². The van der Waals surface area contributed by atoms with Crippen molar-refractivity contribution in [2.24, 2.45) is 11.8 Å². The van der Waals surface area contributed by atoms with E-state index in [1.807, 2.05) is 13.8 Å². The summed E-state index contributed by atoms with van der Waals surface area (Å²) in [6.45, 7) is 9.55. The van der Waals surface area contributed by atoms with Gasteiger partial charge in [0.15, 0.2) is 0 Å². The molecule has 0 saturated carbocycles.